The van der Waals surface area contributed by atoms with Gasteiger partial charge in [-0.3, -0.25) is 30.4 Å². The maximum Gasteiger partial charge on any atom is 0.307 e. The van der Waals surface area contributed by atoms with Crippen molar-refractivity contribution in [2.24, 2.45) is 0 Å². The molecule has 0 atom stereocenters. The predicted octanol–water partition coefficient (Wildman–Crippen LogP) is 3.76. The lowest BCUT2D eigenvalue weighted by molar-refractivity contribution is -0.385. The van der Waals surface area contributed by atoms with Crippen molar-refractivity contribution >= 4 is 67.0 Å². The van der Waals surface area contributed by atoms with Gasteiger partial charge in [-0.05, 0) is 17.8 Å². The molecule has 2 aromatic heterocycles. The number of thiazole rings is 1. The summed E-state index contributed by atoms with van der Waals surface area (Å²) in [6, 6.07) is 5.31. The minimum atomic E-state index is -0.621. The molecule has 3 aromatic rings. The van der Waals surface area contributed by atoms with Gasteiger partial charge in [0.15, 0.2) is 16.6 Å². The van der Waals surface area contributed by atoms with Gasteiger partial charge in [0.25, 0.3) is 11.6 Å². The molecule has 1 aliphatic heterocycles. The Labute approximate surface area is 163 Å². The summed E-state index contributed by atoms with van der Waals surface area (Å²) >= 11 is 1.90. The number of carbonyl (C=O) groups is 1. The van der Waals surface area contributed by atoms with Crippen LogP contribution in [0.4, 0.5) is 16.5 Å². The minimum Gasteiger partial charge on any atom is -0.458 e. The van der Waals surface area contributed by atoms with Crippen molar-refractivity contribution in [1.29, 1.82) is 5.41 Å². The van der Waals surface area contributed by atoms with Crippen LogP contribution in [-0.4, -0.2) is 25.9 Å². The minimum absolute atomic E-state index is 0.0973. The van der Waals surface area contributed by atoms with E-state index in [0.717, 1.165) is 34.3 Å². The van der Waals surface area contributed by atoms with Gasteiger partial charge in [0.1, 0.15) is 5.76 Å². The Kier molecular flexibility index (Phi) is 4.16. The second kappa shape index (κ2) is 6.54. The number of nitrogens with zero attached hydrogens (tertiary/aromatic N) is 4. The third-order valence-electron chi connectivity index (χ3n) is 3.68. The highest BCUT2D eigenvalue weighted by Gasteiger charge is 2.36. The molecule has 1 amide bonds. The fourth-order valence-electron chi connectivity index (χ4n) is 2.41. The summed E-state index contributed by atoms with van der Waals surface area (Å²) in [4.78, 5) is 38.6. The molecule has 0 spiro atoms. The number of non-ortho nitro benzene ring substituents is 1. The van der Waals surface area contributed by atoms with Gasteiger partial charge in [-0.15, -0.1) is 0 Å². The standard InChI is InChI=1S/C15H7N5O6S2/c16-14-18(15-17-10-2-1-7(19(22)23)4-11(10)28-15)13(21)12(27-14)5-9-3-8(6-26-9)20(24)25/h1-6,16H/b12-5-,16-14?. The van der Waals surface area contributed by atoms with E-state index < -0.39 is 15.8 Å². The van der Waals surface area contributed by atoms with Crippen LogP contribution in [-0.2, 0) is 4.79 Å². The summed E-state index contributed by atoms with van der Waals surface area (Å²) in [5.41, 5.74) is 0.122. The summed E-state index contributed by atoms with van der Waals surface area (Å²) in [5.74, 6) is -0.431. The number of nitrogens with one attached hydrogen (secondary N) is 1. The van der Waals surface area contributed by atoms with Crippen molar-refractivity contribution in [1.82, 2.24) is 4.98 Å². The van der Waals surface area contributed by atoms with E-state index in [-0.39, 0.29) is 32.3 Å². The van der Waals surface area contributed by atoms with Crippen molar-refractivity contribution < 1.29 is 19.1 Å². The lowest BCUT2D eigenvalue weighted by Gasteiger charge is -2.08. The van der Waals surface area contributed by atoms with Crippen LogP contribution in [0.15, 0.2) is 39.9 Å². The van der Waals surface area contributed by atoms with Crippen LogP contribution in [0.5, 0.6) is 0 Å². The molecule has 0 bridgehead atoms. The van der Waals surface area contributed by atoms with Crippen LogP contribution < -0.4 is 4.90 Å². The van der Waals surface area contributed by atoms with Gasteiger partial charge in [0, 0.05) is 18.2 Å². The zero-order chi connectivity index (χ0) is 20.0. The normalized spacial score (nSPS) is 15.7. The van der Waals surface area contributed by atoms with Crippen LogP contribution in [0.1, 0.15) is 5.76 Å². The van der Waals surface area contributed by atoms with E-state index in [1.54, 1.807) is 0 Å². The number of fused-ring (bicyclic) bond motifs is 1. The van der Waals surface area contributed by atoms with E-state index in [9.17, 15) is 25.0 Å². The molecular formula is C15H7N5O6S2. The lowest BCUT2D eigenvalue weighted by atomic mass is 10.3. The molecule has 1 aromatic carbocycles. The first-order valence-corrected chi connectivity index (χ1v) is 9.07. The molecule has 0 aliphatic carbocycles. The van der Waals surface area contributed by atoms with Crippen molar-refractivity contribution in [2.75, 3.05) is 4.90 Å². The van der Waals surface area contributed by atoms with Gasteiger partial charge in [0.2, 0.25) is 0 Å². The van der Waals surface area contributed by atoms with Gasteiger partial charge >= 0.3 is 5.69 Å². The second-order valence-electron chi connectivity index (χ2n) is 5.43. The summed E-state index contributed by atoms with van der Waals surface area (Å²) in [7, 11) is 0. The Hall–Kier alpha value is -3.58. The molecule has 4 rings (SSSR count). The molecule has 1 aliphatic rings. The van der Waals surface area contributed by atoms with Gasteiger partial charge in [0.05, 0.1) is 31.0 Å². The van der Waals surface area contributed by atoms with E-state index in [0.29, 0.717) is 10.2 Å². The number of carbonyl (C=O) groups excluding carboxylic acids is 1. The number of amidine groups is 1. The van der Waals surface area contributed by atoms with Crippen LogP contribution in [0.2, 0.25) is 0 Å². The Morgan fingerprint density at radius 2 is 1.93 bits per heavy atom. The van der Waals surface area contributed by atoms with Crippen molar-refractivity contribution in [2.45, 2.75) is 0 Å². The van der Waals surface area contributed by atoms with E-state index in [2.05, 4.69) is 4.98 Å². The monoisotopic (exact) mass is 417 g/mol. The molecule has 1 fully saturated rings. The Bertz CT molecular complexity index is 1210. The Balaban J connectivity index is 1.67. The van der Waals surface area contributed by atoms with E-state index in [1.807, 2.05) is 0 Å². The largest absolute Gasteiger partial charge is 0.458 e. The van der Waals surface area contributed by atoms with E-state index in [4.69, 9.17) is 9.83 Å². The summed E-state index contributed by atoms with van der Waals surface area (Å²) < 4.78 is 5.55. The number of anilines is 1. The number of thioether (sulfide) groups is 1. The summed E-state index contributed by atoms with van der Waals surface area (Å²) in [6.45, 7) is 0. The number of rotatable bonds is 4. The number of aromatic nitrogens is 1. The highest BCUT2D eigenvalue weighted by atomic mass is 32.2. The van der Waals surface area contributed by atoms with Gasteiger partial charge in [-0.1, -0.05) is 11.3 Å². The van der Waals surface area contributed by atoms with Crippen molar-refractivity contribution in [3.63, 3.8) is 0 Å². The number of furan rings is 1. The van der Waals surface area contributed by atoms with Crippen LogP contribution in [0, 0.1) is 25.6 Å². The number of benzene rings is 1. The molecular weight excluding hydrogens is 410 g/mol. The third-order valence-corrected chi connectivity index (χ3v) is 5.57. The average Bonchev–Trinajstić information content (AvgIpc) is 3.32. The van der Waals surface area contributed by atoms with Crippen molar-refractivity contribution in [3.8, 4) is 0 Å². The number of hydrogen-bond donors (Lipinski definition) is 1. The zero-order valence-electron chi connectivity index (χ0n) is 13.5. The molecule has 1 N–H and O–H groups in total. The fraction of sp³-hybridized carbons (Fsp3) is 0. The van der Waals surface area contributed by atoms with E-state index in [1.165, 1.54) is 30.3 Å². The topological polar surface area (TPSA) is 156 Å². The molecule has 11 nitrogen and oxygen atoms in total. The van der Waals surface area contributed by atoms with Gasteiger partial charge in [-0.2, -0.15) is 0 Å². The van der Waals surface area contributed by atoms with Crippen LogP contribution in [0.25, 0.3) is 16.3 Å². The average molecular weight is 417 g/mol. The molecule has 13 heteroatoms. The Morgan fingerprint density at radius 1 is 1.18 bits per heavy atom. The first-order valence-electron chi connectivity index (χ1n) is 7.44. The first kappa shape index (κ1) is 17.8. The predicted molar refractivity (Wildman–Crippen MR) is 102 cm³/mol. The summed E-state index contributed by atoms with van der Waals surface area (Å²) in [6.07, 6.45) is 2.27. The van der Waals surface area contributed by atoms with Gasteiger partial charge < -0.3 is 4.42 Å². The van der Waals surface area contributed by atoms with E-state index >= 15 is 0 Å². The zero-order valence-corrected chi connectivity index (χ0v) is 15.2. The third kappa shape index (κ3) is 3.01. The first-order chi connectivity index (χ1) is 13.3. The molecule has 140 valence electrons. The quantitative estimate of drug-likeness (QED) is 0.382. The maximum absolute atomic E-state index is 12.7. The number of hydrogen-bond acceptors (Lipinski definition) is 10. The number of nitro benzene ring substituents is 1. The number of nitro groups is 2. The van der Waals surface area contributed by atoms with Gasteiger partial charge in [-0.25, -0.2) is 9.88 Å². The van der Waals surface area contributed by atoms with Crippen molar-refractivity contribution in [3.05, 3.63) is 61.4 Å². The SMILES string of the molecule is N=C1S/C(=C\c2cc([N+](=O)[O-])co2)C(=O)N1c1nc2ccc([N+](=O)[O-])cc2s1. The smallest absolute Gasteiger partial charge is 0.307 e. The molecule has 0 unspecified atom stereocenters. The molecule has 0 saturated carbocycles. The highest BCUT2D eigenvalue weighted by Crippen LogP contribution is 2.39. The number of amides is 1. The molecule has 3 heterocycles. The Morgan fingerprint density at radius 3 is 2.61 bits per heavy atom. The highest BCUT2D eigenvalue weighted by molar-refractivity contribution is 8.19. The molecule has 28 heavy (non-hydrogen) atoms. The van der Waals surface area contributed by atoms with Crippen LogP contribution >= 0.6 is 23.1 Å². The maximum atomic E-state index is 12.7. The second-order valence-corrected chi connectivity index (χ2v) is 7.47. The summed E-state index contributed by atoms with van der Waals surface area (Å²) in [5, 5.41) is 29.8. The molecule has 0 radical (unpaired) electrons. The van der Waals surface area contributed by atoms with Crippen LogP contribution in [0.3, 0.4) is 0 Å². The molecule has 1 saturated heterocycles. The fourth-order valence-corrected chi connectivity index (χ4v) is 4.30. The lowest BCUT2D eigenvalue weighted by Crippen LogP contribution is -2.27.